The first kappa shape index (κ1) is 12.4. The largest absolute Gasteiger partial charge is 0.356 e. The van der Waals surface area contributed by atoms with Crippen LogP contribution in [0, 0.1) is 5.92 Å². The molecule has 1 amide bonds. The molecule has 0 atom stereocenters. The third kappa shape index (κ3) is 5.13. The van der Waals surface area contributed by atoms with E-state index in [1.165, 1.54) is 0 Å². The number of nitrogens with two attached hydrogens (primary N) is 1. The van der Waals surface area contributed by atoms with Crippen LogP contribution in [0.2, 0.25) is 0 Å². The molecule has 3 N–H and O–H groups in total. The lowest BCUT2D eigenvalue weighted by Gasteiger charge is -2.09. The summed E-state index contributed by atoms with van der Waals surface area (Å²) in [7, 11) is -3.39. The van der Waals surface area contributed by atoms with Crippen molar-refractivity contribution in [2.24, 2.45) is 11.1 Å². The maximum atomic E-state index is 11.5. The first-order valence-electron chi connectivity index (χ1n) is 5.27. The molecule has 0 aliphatic heterocycles. The molecule has 6 heteroatoms. The van der Waals surface area contributed by atoms with Gasteiger partial charge in [0.05, 0.1) is 5.75 Å². The van der Waals surface area contributed by atoms with Gasteiger partial charge in [0.15, 0.2) is 0 Å². The summed E-state index contributed by atoms with van der Waals surface area (Å²) in [6.45, 7) is 0.395. The molecule has 0 aromatic carbocycles. The Balaban J connectivity index is 2.12. The standard InChI is InChI=1S/C9H18N2O3S/c10-15(13,14)7-3-6-11-9(12)8-4-1-2-5-8/h8H,1-7H2,(H,11,12)(H2,10,13,14). The predicted molar refractivity (Wildman–Crippen MR) is 57.6 cm³/mol. The molecule has 1 aliphatic rings. The van der Waals surface area contributed by atoms with Gasteiger partial charge in [-0.3, -0.25) is 4.79 Å². The molecule has 0 spiro atoms. The molecule has 0 heterocycles. The number of hydrogen-bond acceptors (Lipinski definition) is 3. The van der Waals surface area contributed by atoms with Gasteiger partial charge in [-0.15, -0.1) is 0 Å². The van der Waals surface area contributed by atoms with Crippen LogP contribution in [0.15, 0.2) is 0 Å². The number of nitrogens with one attached hydrogen (secondary N) is 1. The normalized spacial score (nSPS) is 17.9. The highest BCUT2D eigenvalue weighted by Gasteiger charge is 2.21. The summed E-state index contributed by atoms with van der Waals surface area (Å²) >= 11 is 0. The van der Waals surface area contributed by atoms with E-state index in [4.69, 9.17) is 5.14 Å². The highest BCUT2D eigenvalue weighted by molar-refractivity contribution is 7.89. The van der Waals surface area contributed by atoms with E-state index < -0.39 is 10.0 Å². The van der Waals surface area contributed by atoms with Crippen molar-refractivity contribution in [3.8, 4) is 0 Å². The Morgan fingerprint density at radius 1 is 1.33 bits per heavy atom. The second-order valence-corrected chi connectivity index (χ2v) is 5.73. The molecule has 0 saturated heterocycles. The number of amides is 1. The van der Waals surface area contributed by atoms with Crippen LogP contribution in [0.4, 0.5) is 0 Å². The van der Waals surface area contributed by atoms with Crippen LogP contribution in [0.1, 0.15) is 32.1 Å². The molecular formula is C9H18N2O3S. The van der Waals surface area contributed by atoms with Gasteiger partial charge in [-0.25, -0.2) is 13.6 Å². The molecular weight excluding hydrogens is 216 g/mol. The van der Waals surface area contributed by atoms with Gasteiger partial charge in [0, 0.05) is 12.5 Å². The van der Waals surface area contributed by atoms with Gasteiger partial charge in [-0.2, -0.15) is 0 Å². The zero-order valence-corrected chi connectivity index (χ0v) is 9.55. The summed E-state index contributed by atoms with van der Waals surface area (Å²) in [6.07, 6.45) is 4.55. The first-order valence-corrected chi connectivity index (χ1v) is 6.99. The minimum absolute atomic E-state index is 0.0573. The van der Waals surface area contributed by atoms with Crippen LogP contribution >= 0.6 is 0 Å². The molecule has 1 fully saturated rings. The summed E-state index contributed by atoms with van der Waals surface area (Å²) < 4.78 is 21.2. The summed E-state index contributed by atoms with van der Waals surface area (Å²) in [6, 6.07) is 0. The van der Waals surface area contributed by atoms with Crippen LogP contribution in [-0.4, -0.2) is 26.6 Å². The quantitative estimate of drug-likeness (QED) is 0.655. The molecule has 88 valence electrons. The molecule has 0 radical (unpaired) electrons. The van der Waals surface area contributed by atoms with Crippen molar-refractivity contribution in [1.29, 1.82) is 0 Å². The average molecular weight is 234 g/mol. The van der Waals surface area contributed by atoms with E-state index in [9.17, 15) is 13.2 Å². The lowest BCUT2D eigenvalue weighted by molar-refractivity contribution is -0.124. The summed E-state index contributed by atoms with van der Waals surface area (Å²) in [4.78, 5) is 11.5. The molecule has 5 nitrogen and oxygen atoms in total. The van der Waals surface area contributed by atoms with Crippen molar-refractivity contribution >= 4 is 15.9 Å². The average Bonchev–Trinajstić information content (AvgIpc) is 2.63. The fraction of sp³-hybridized carbons (Fsp3) is 0.889. The highest BCUT2D eigenvalue weighted by atomic mass is 32.2. The maximum Gasteiger partial charge on any atom is 0.223 e. The maximum absolute atomic E-state index is 11.5. The number of rotatable bonds is 5. The van der Waals surface area contributed by atoms with Crippen molar-refractivity contribution < 1.29 is 13.2 Å². The first-order chi connectivity index (χ1) is 6.99. The zero-order valence-electron chi connectivity index (χ0n) is 8.74. The number of carbonyl (C=O) groups excluding carboxylic acids is 1. The number of primary sulfonamides is 1. The van der Waals surface area contributed by atoms with Crippen molar-refractivity contribution in [3.63, 3.8) is 0 Å². The Morgan fingerprint density at radius 3 is 2.47 bits per heavy atom. The van der Waals surface area contributed by atoms with Gasteiger partial charge in [0.1, 0.15) is 0 Å². The molecule has 15 heavy (non-hydrogen) atoms. The zero-order chi connectivity index (χ0) is 11.3. The van der Waals surface area contributed by atoms with Crippen molar-refractivity contribution in [3.05, 3.63) is 0 Å². The predicted octanol–water partition coefficient (Wildman–Crippen LogP) is -0.0286. The fourth-order valence-corrected chi connectivity index (χ4v) is 2.36. The lowest BCUT2D eigenvalue weighted by atomic mass is 10.1. The van der Waals surface area contributed by atoms with Crippen LogP contribution in [0.5, 0.6) is 0 Å². The van der Waals surface area contributed by atoms with Crippen LogP contribution in [0.25, 0.3) is 0 Å². The fourth-order valence-electron chi connectivity index (χ4n) is 1.82. The van der Waals surface area contributed by atoms with Crippen molar-refractivity contribution in [1.82, 2.24) is 5.32 Å². The second-order valence-electron chi connectivity index (χ2n) is 3.99. The Morgan fingerprint density at radius 2 is 1.93 bits per heavy atom. The molecule has 0 aromatic heterocycles. The van der Waals surface area contributed by atoms with Gasteiger partial charge in [0.2, 0.25) is 15.9 Å². The van der Waals surface area contributed by atoms with Crippen molar-refractivity contribution in [2.75, 3.05) is 12.3 Å². The second kappa shape index (κ2) is 5.46. The molecule has 0 bridgehead atoms. The van der Waals surface area contributed by atoms with Gasteiger partial charge >= 0.3 is 0 Å². The Bertz CT molecular complexity index is 307. The summed E-state index contributed by atoms with van der Waals surface area (Å²) in [5, 5.41) is 7.57. The van der Waals surface area contributed by atoms with Crippen LogP contribution in [0.3, 0.4) is 0 Å². The van der Waals surface area contributed by atoms with Crippen molar-refractivity contribution in [2.45, 2.75) is 32.1 Å². The Hall–Kier alpha value is -0.620. The van der Waals surface area contributed by atoms with E-state index in [2.05, 4.69) is 5.32 Å². The minimum Gasteiger partial charge on any atom is -0.356 e. The van der Waals surface area contributed by atoms with E-state index in [-0.39, 0.29) is 17.6 Å². The summed E-state index contributed by atoms with van der Waals surface area (Å²) in [5.74, 6) is 0.124. The highest BCUT2D eigenvalue weighted by Crippen LogP contribution is 2.24. The molecule has 1 saturated carbocycles. The van der Waals surface area contributed by atoms with Crippen LogP contribution < -0.4 is 10.5 Å². The van der Waals surface area contributed by atoms with Crippen LogP contribution in [-0.2, 0) is 14.8 Å². The summed E-state index contributed by atoms with van der Waals surface area (Å²) in [5.41, 5.74) is 0. The third-order valence-electron chi connectivity index (χ3n) is 2.63. The van der Waals surface area contributed by atoms with Gasteiger partial charge in [0.25, 0.3) is 0 Å². The smallest absolute Gasteiger partial charge is 0.223 e. The Kier molecular flexibility index (Phi) is 4.53. The molecule has 0 aromatic rings. The molecule has 1 rings (SSSR count). The SMILES string of the molecule is NS(=O)(=O)CCCNC(=O)C1CCCC1. The third-order valence-corrected chi connectivity index (χ3v) is 3.49. The van der Waals surface area contributed by atoms with Gasteiger partial charge in [-0.1, -0.05) is 12.8 Å². The van der Waals surface area contributed by atoms with E-state index in [0.717, 1.165) is 25.7 Å². The molecule has 0 unspecified atom stereocenters. The van der Waals surface area contributed by atoms with E-state index in [1.807, 2.05) is 0 Å². The number of hydrogen-bond donors (Lipinski definition) is 2. The topological polar surface area (TPSA) is 89.3 Å². The van der Waals surface area contributed by atoms with E-state index in [1.54, 1.807) is 0 Å². The van der Waals surface area contributed by atoms with E-state index in [0.29, 0.717) is 13.0 Å². The monoisotopic (exact) mass is 234 g/mol. The number of sulfonamides is 1. The number of carbonyl (C=O) groups is 1. The Labute approximate surface area is 90.5 Å². The van der Waals surface area contributed by atoms with Gasteiger partial charge in [-0.05, 0) is 19.3 Å². The minimum atomic E-state index is -3.39. The van der Waals surface area contributed by atoms with E-state index >= 15 is 0 Å². The lowest BCUT2D eigenvalue weighted by Crippen LogP contribution is -2.31. The van der Waals surface area contributed by atoms with Gasteiger partial charge < -0.3 is 5.32 Å². The molecule has 1 aliphatic carbocycles.